The fourth-order valence-electron chi connectivity index (χ4n) is 2.03. The number of benzene rings is 2. The lowest BCUT2D eigenvalue weighted by molar-refractivity contribution is 0.412. The van der Waals surface area contributed by atoms with Gasteiger partial charge in [-0.1, -0.05) is 36.4 Å². The Hall–Kier alpha value is -1.36. The van der Waals surface area contributed by atoms with Crippen LogP contribution < -0.4 is 16.0 Å². The number of ether oxygens (including phenoxy) is 1. The minimum absolute atomic E-state index is 0.0986. The Kier molecular flexibility index (Phi) is 4.96. The van der Waals surface area contributed by atoms with Gasteiger partial charge in [-0.05, 0) is 45.6 Å². The maximum absolute atomic E-state index is 5.66. The summed E-state index contributed by atoms with van der Waals surface area (Å²) >= 11 is 3.50. The summed E-state index contributed by atoms with van der Waals surface area (Å²) in [6.45, 7) is 0. The van der Waals surface area contributed by atoms with Crippen molar-refractivity contribution < 1.29 is 4.74 Å². The monoisotopic (exact) mass is 320 g/mol. The lowest BCUT2D eigenvalue weighted by atomic mass is 9.99. The van der Waals surface area contributed by atoms with Gasteiger partial charge >= 0.3 is 0 Å². The zero-order valence-electron chi connectivity index (χ0n) is 10.8. The summed E-state index contributed by atoms with van der Waals surface area (Å²) in [5, 5.41) is 0. The van der Waals surface area contributed by atoms with Crippen LogP contribution in [0.15, 0.2) is 53.0 Å². The van der Waals surface area contributed by atoms with Crippen molar-refractivity contribution in [2.45, 2.75) is 12.5 Å². The fourth-order valence-corrected chi connectivity index (χ4v) is 2.62. The zero-order chi connectivity index (χ0) is 13.7. The largest absolute Gasteiger partial charge is 0.496 e. The van der Waals surface area contributed by atoms with Gasteiger partial charge in [0.1, 0.15) is 5.75 Å². The van der Waals surface area contributed by atoms with E-state index in [0.29, 0.717) is 0 Å². The molecule has 0 heterocycles. The first-order chi connectivity index (χ1) is 9.24. The molecular formula is C15H17BrN2O. The second-order valence-electron chi connectivity index (χ2n) is 4.30. The smallest absolute Gasteiger partial charge is 0.133 e. The van der Waals surface area contributed by atoms with Crippen LogP contribution in [-0.4, -0.2) is 7.11 Å². The number of hydrogen-bond acceptors (Lipinski definition) is 3. The Balaban J connectivity index is 2.17. The topological polar surface area (TPSA) is 47.3 Å². The normalized spacial score (nSPS) is 12.2. The van der Waals surface area contributed by atoms with Gasteiger partial charge in [-0.2, -0.15) is 0 Å². The van der Waals surface area contributed by atoms with E-state index in [4.69, 9.17) is 10.6 Å². The van der Waals surface area contributed by atoms with Crippen LogP contribution in [-0.2, 0) is 6.42 Å². The number of nitrogens with two attached hydrogens (primary N) is 1. The highest BCUT2D eigenvalue weighted by molar-refractivity contribution is 9.10. The Morgan fingerprint density at radius 3 is 2.53 bits per heavy atom. The van der Waals surface area contributed by atoms with Gasteiger partial charge < -0.3 is 4.74 Å². The molecule has 2 aromatic carbocycles. The lowest BCUT2D eigenvalue weighted by Crippen LogP contribution is -2.29. The first-order valence-electron chi connectivity index (χ1n) is 6.08. The van der Waals surface area contributed by atoms with Crippen molar-refractivity contribution in [1.29, 1.82) is 0 Å². The molecule has 0 saturated heterocycles. The Morgan fingerprint density at radius 1 is 1.21 bits per heavy atom. The second-order valence-corrected chi connectivity index (χ2v) is 5.16. The standard InChI is InChI=1S/C15H17BrN2O/c1-19-15-8-7-11(9-13(15)16)10-14(18-17)12-5-3-2-4-6-12/h2-9,14,18H,10,17H2,1H3. The highest BCUT2D eigenvalue weighted by Crippen LogP contribution is 2.27. The van der Waals surface area contributed by atoms with Gasteiger partial charge in [0.2, 0.25) is 0 Å². The van der Waals surface area contributed by atoms with Gasteiger partial charge in [-0.25, -0.2) is 0 Å². The van der Waals surface area contributed by atoms with E-state index < -0.39 is 0 Å². The van der Waals surface area contributed by atoms with Gasteiger partial charge in [0.05, 0.1) is 11.6 Å². The molecule has 0 saturated carbocycles. The predicted octanol–water partition coefficient (Wildman–Crippen LogP) is 3.20. The van der Waals surface area contributed by atoms with Crippen molar-refractivity contribution in [3.05, 3.63) is 64.1 Å². The molecule has 0 aliphatic carbocycles. The molecule has 3 nitrogen and oxygen atoms in total. The van der Waals surface area contributed by atoms with Crippen LogP contribution >= 0.6 is 15.9 Å². The summed E-state index contributed by atoms with van der Waals surface area (Å²) in [6, 6.07) is 16.4. The van der Waals surface area contributed by atoms with Crippen molar-refractivity contribution in [3.8, 4) is 5.75 Å². The fraction of sp³-hybridized carbons (Fsp3) is 0.200. The van der Waals surface area contributed by atoms with Crippen LogP contribution in [0.1, 0.15) is 17.2 Å². The third-order valence-corrected chi connectivity index (χ3v) is 3.68. The van der Waals surface area contributed by atoms with E-state index in [9.17, 15) is 0 Å². The molecule has 3 N–H and O–H groups in total. The van der Waals surface area contributed by atoms with Crippen molar-refractivity contribution in [2.75, 3.05) is 7.11 Å². The molecule has 0 aliphatic rings. The Labute approximate surface area is 121 Å². The SMILES string of the molecule is COc1ccc(CC(NN)c2ccccc2)cc1Br. The van der Waals surface area contributed by atoms with Crippen molar-refractivity contribution in [1.82, 2.24) is 5.43 Å². The van der Waals surface area contributed by atoms with E-state index in [1.165, 1.54) is 11.1 Å². The molecular weight excluding hydrogens is 304 g/mol. The molecule has 0 fully saturated rings. The summed E-state index contributed by atoms with van der Waals surface area (Å²) in [7, 11) is 1.66. The van der Waals surface area contributed by atoms with Gasteiger partial charge in [-0.3, -0.25) is 11.3 Å². The molecule has 2 rings (SSSR count). The lowest BCUT2D eigenvalue weighted by Gasteiger charge is -2.17. The van der Waals surface area contributed by atoms with Crippen molar-refractivity contribution in [2.24, 2.45) is 5.84 Å². The average Bonchev–Trinajstić information content (AvgIpc) is 2.46. The second kappa shape index (κ2) is 6.70. The number of hydrazine groups is 1. The summed E-state index contributed by atoms with van der Waals surface area (Å²) in [5.74, 6) is 6.49. The summed E-state index contributed by atoms with van der Waals surface area (Å²) < 4.78 is 6.18. The molecule has 0 aromatic heterocycles. The summed E-state index contributed by atoms with van der Waals surface area (Å²) in [6.07, 6.45) is 0.823. The number of rotatable bonds is 5. The summed E-state index contributed by atoms with van der Waals surface area (Å²) in [4.78, 5) is 0. The van der Waals surface area contributed by atoms with Crippen LogP contribution in [0.3, 0.4) is 0 Å². The number of nitrogens with one attached hydrogen (secondary N) is 1. The van der Waals surface area contributed by atoms with Crippen LogP contribution in [0, 0.1) is 0 Å². The van der Waals surface area contributed by atoms with Gasteiger partial charge in [-0.15, -0.1) is 0 Å². The number of hydrogen-bond donors (Lipinski definition) is 2. The molecule has 0 amide bonds. The number of halogens is 1. The third-order valence-electron chi connectivity index (χ3n) is 3.06. The van der Waals surface area contributed by atoms with Crippen molar-refractivity contribution in [3.63, 3.8) is 0 Å². The van der Waals surface area contributed by atoms with Gasteiger partial charge in [0.15, 0.2) is 0 Å². The number of methoxy groups -OCH3 is 1. The maximum atomic E-state index is 5.66. The molecule has 4 heteroatoms. The molecule has 0 bridgehead atoms. The van der Waals surface area contributed by atoms with Crippen LogP contribution in [0.4, 0.5) is 0 Å². The highest BCUT2D eigenvalue weighted by atomic mass is 79.9. The minimum atomic E-state index is 0.0986. The molecule has 19 heavy (non-hydrogen) atoms. The predicted molar refractivity (Wildman–Crippen MR) is 80.9 cm³/mol. The molecule has 1 unspecified atom stereocenters. The highest BCUT2D eigenvalue weighted by Gasteiger charge is 2.11. The molecule has 0 radical (unpaired) electrons. The summed E-state index contributed by atoms with van der Waals surface area (Å²) in [5.41, 5.74) is 5.24. The van der Waals surface area contributed by atoms with Crippen LogP contribution in [0.2, 0.25) is 0 Å². The third kappa shape index (κ3) is 3.56. The molecule has 1 atom stereocenters. The van der Waals surface area contributed by atoms with Crippen LogP contribution in [0.25, 0.3) is 0 Å². The Morgan fingerprint density at radius 2 is 1.95 bits per heavy atom. The molecule has 0 aliphatic heterocycles. The molecule has 2 aromatic rings. The van der Waals surface area contributed by atoms with E-state index in [0.717, 1.165) is 16.6 Å². The van der Waals surface area contributed by atoms with E-state index in [1.54, 1.807) is 7.11 Å². The minimum Gasteiger partial charge on any atom is -0.496 e. The van der Waals surface area contributed by atoms with E-state index in [-0.39, 0.29) is 6.04 Å². The first-order valence-corrected chi connectivity index (χ1v) is 6.87. The molecule has 100 valence electrons. The van der Waals surface area contributed by atoms with Gasteiger partial charge in [0, 0.05) is 6.04 Å². The molecule has 0 spiro atoms. The van der Waals surface area contributed by atoms with E-state index in [2.05, 4.69) is 45.6 Å². The van der Waals surface area contributed by atoms with Gasteiger partial charge in [0.25, 0.3) is 0 Å². The first kappa shape index (κ1) is 14.1. The van der Waals surface area contributed by atoms with Crippen molar-refractivity contribution >= 4 is 15.9 Å². The zero-order valence-corrected chi connectivity index (χ0v) is 12.4. The Bertz CT molecular complexity index is 531. The van der Waals surface area contributed by atoms with E-state index in [1.807, 2.05) is 24.3 Å². The van der Waals surface area contributed by atoms with Crippen LogP contribution in [0.5, 0.6) is 5.75 Å². The van der Waals surface area contributed by atoms with E-state index >= 15 is 0 Å². The quantitative estimate of drug-likeness (QED) is 0.657. The average molecular weight is 321 g/mol. The maximum Gasteiger partial charge on any atom is 0.133 e.